The molecule has 0 saturated carbocycles. The average molecular weight is 458 g/mol. The van der Waals surface area contributed by atoms with Crippen LogP contribution in [0.25, 0.3) is 0 Å². The zero-order valence-electron chi connectivity index (χ0n) is 13.6. The molecule has 2 aromatic rings. The molecule has 0 fully saturated rings. The molecule has 0 aliphatic carbocycles. The van der Waals surface area contributed by atoms with E-state index in [9.17, 15) is 4.79 Å². The van der Waals surface area contributed by atoms with E-state index in [1.54, 1.807) is 23.5 Å². The van der Waals surface area contributed by atoms with E-state index in [0.29, 0.717) is 12.1 Å². The molecule has 2 rings (SSSR count). The minimum Gasteiger partial charge on any atom is -0.366 e. The zero-order chi connectivity index (χ0) is 16.5. The molecule has 4 N–H and O–H groups in total. The van der Waals surface area contributed by atoms with Crippen LogP contribution in [0, 0.1) is 0 Å². The van der Waals surface area contributed by atoms with Crippen molar-refractivity contribution < 1.29 is 4.79 Å². The number of thiophene rings is 1. The van der Waals surface area contributed by atoms with Gasteiger partial charge in [0.15, 0.2) is 5.96 Å². The number of hydrogen-bond acceptors (Lipinski definition) is 3. The first kappa shape index (κ1) is 20.4. The van der Waals surface area contributed by atoms with Gasteiger partial charge >= 0.3 is 0 Å². The monoisotopic (exact) mass is 458 g/mol. The largest absolute Gasteiger partial charge is 0.366 e. The van der Waals surface area contributed by atoms with E-state index in [0.717, 1.165) is 31.0 Å². The molecule has 1 aromatic heterocycles. The van der Waals surface area contributed by atoms with Gasteiger partial charge in [-0.1, -0.05) is 18.2 Å². The first-order valence-electron chi connectivity index (χ1n) is 7.62. The Balaban J connectivity index is 0.00000288. The lowest BCUT2D eigenvalue weighted by Gasteiger charge is -2.11. The predicted molar refractivity (Wildman–Crippen MR) is 111 cm³/mol. The van der Waals surface area contributed by atoms with Crippen molar-refractivity contribution in [1.29, 1.82) is 0 Å². The van der Waals surface area contributed by atoms with E-state index in [4.69, 9.17) is 5.73 Å². The Morgan fingerprint density at radius 1 is 1.25 bits per heavy atom. The lowest BCUT2D eigenvalue weighted by Crippen LogP contribution is -2.38. The first-order valence-corrected chi connectivity index (χ1v) is 8.50. The number of rotatable bonds is 7. The van der Waals surface area contributed by atoms with Crippen LogP contribution in [0.15, 0.2) is 46.8 Å². The van der Waals surface area contributed by atoms with E-state index in [-0.39, 0.29) is 24.0 Å². The molecule has 7 heteroatoms. The summed E-state index contributed by atoms with van der Waals surface area (Å²) in [5.41, 5.74) is 6.76. The molecule has 0 atom stereocenters. The van der Waals surface area contributed by atoms with Gasteiger partial charge in [-0.3, -0.25) is 4.79 Å². The molecule has 5 nitrogen and oxygen atoms in total. The van der Waals surface area contributed by atoms with E-state index in [1.807, 2.05) is 19.1 Å². The highest BCUT2D eigenvalue weighted by molar-refractivity contribution is 14.0. The second-order valence-corrected chi connectivity index (χ2v) is 6.05. The van der Waals surface area contributed by atoms with Gasteiger partial charge < -0.3 is 16.4 Å². The van der Waals surface area contributed by atoms with Gasteiger partial charge in [0.05, 0.1) is 6.54 Å². The highest BCUT2D eigenvalue weighted by Crippen LogP contribution is 2.08. The maximum atomic E-state index is 11.2. The second kappa shape index (κ2) is 11.0. The molecule has 0 saturated heterocycles. The number of nitrogens with two attached hydrogens (primary N) is 1. The lowest BCUT2D eigenvalue weighted by atomic mass is 10.1. The summed E-state index contributed by atoms with van der Waals surface area (Å²) in [7, 11) is 0. The number of carbonyl (C=O) groups excluding carboxylic acids is 1. The van der Waals surface area contributed by atoms with Gasteiger partial charge in [0.1, 0.15) is 0 Å². The predicted octanol–water partition coefficient (Wildman–Crippen LogP) is 2.76. The zero-order valence-corrected chi connectivity index (χ0v) is 16.8. The Kier molecular flexibility index (Phi) is 9.39. The maximum Gasteiger partial charge on any atom is 0.248 e. The number of aliphatic imine (C=N–C) groups is 1. The van der Waals surface area contributed by atoms with Gasteiger partial charge in [-0.25, -0.2) is 4.99 Å². The third kappa shape index (κ3) is 6.88. The van der Waals surface area contributed by atoms with Crippen LogP contribution in [0.2, 0.25) is 0 Å². The molecular formula is C17H23IN4OS. The molecule has 130 valence electrons. The molecule has 0 unspecified atom stereocenters. The summed E-state index contributed by atoms with van der Waals surface area (Å²) in [5, 5.41) is 8.63. The Labute approximate surface area is 163 Å². The van der Waals surface area contributed by atoms with Crippen LogP contribution < -0.4 is 16.4 Å². The van der Waals surface area contributed by atoms with Crippen molar-refractivity contribution in [2.45, 2.75) is 19.9 Å². The van der Waals surface area contributed by atoms with Crippen molar-refractivity contribution >= 4 is 47.2 Å². The van der Waals surface area contributed by atoms with Crippen molar-refractivity contribution in [3.63, 3.8) is 0 Å². The average Bonchev–Trinajstić information content (AvgIpc) is 3.06. The van der Waals surface area contributed by atoms with Gasteiger partial charge in [0.25, 0.3) is 0 Å². The van der Waals surface area contributed by atoms with Crippen LogP contribution in [0.5, 0.6) is 0 Å². The van der Waals surface area contributed by atoms with Crippen LogP contribution in [-0.2, 0) is 13.0 Å². The van der Waals surface area contributed by atoms with Crippen LogP contribution in [0.1, 0.15) is 27.7 Å². The molecule has 1 heterocycles. The Morgan fingerprint density at radius 3 is 2.75 bits per heavy atom. The summed E-state index contributed by atoms with van der Waals surface area (Å²) in [5.74, 6) is 0.352. The highest BCUT2D eigenvalue weighted by Gasteiger charge is 2.02. The molecule has 0 bridgehead atoms. The fraction of sp³-hybridized carbons (Fsp3) is 0.294. The topological polar surface area (TPSA) is 79.5 Å². The quantitative estimate of drug-likeness (QED) is 0.339. The number of benzene rings is 1. The number of hydrogen-bond donors (Lipinski definition) is 3. The third-order valence-corrected chi connectivity index (χ3v) is 4.16. The molecule has 24 heavy (non-hydrogen) atoms. The van der Waals surface area contributed by atoms with Crippen LogP contribution in [-0.4, -0.2) is 25.0 Å². The van der Waals surface area contributed by atoms with E-state index >= 15 is 0 Å². The summed E-state index contributed by atoms with van der Waals surface area (Å²) in [6.45, 7) is 4.15. The van der Waals surface area contributed by atoms with Gasteiger partial charge in [-0.2, -0.15) is 0 Å². The molecule has 0 radical (unpaired) electrons. The Bertz CT molecular complexity index is 658. The van der Waals surface area contributed by atoms with Crippen molar-refractivity contribution in [1.82, 2.24) is 10.6 Å². The number of carbonyl (C=O) groups is 1. The van der Waals surface area contributed by atoms with Crippen LogP contribution in [0.4, 0.5) is 0 Å². The molecule has 1 aromatic carbocycles. The summed E-state index contributed by atoms with van der Waals surface area (Å²) in [6.07, 6.45) is 0.971. The van der Waals surface area contributed by atoms with Crippen molar-refractivity contribution in [2.75, 3.05) is 13.1 Å². The van der Waals surface area contributed by atoms with E-state index in [2.05, 4.69) is 33.1 Å². The smallest absolute Gasteiger partial charge is 0.248 e. The van der Waals surface area contributed by atoms with Gasteiger partial charge in [-0.05, 0) is 42.5 Å². The second-order valence-electron chi connectivity index (χ2n) is 5.02. The van der Waals surface area contributed by atoms with Crippen molar-refractivity contribution in [3.8, 4) is 0 Å². The maximum absolute atomic E-state index is 11.2. The number of nitrogens with one attached hydrogen (secondary N) is 2. The molecule has 0 aliphatic heterocycles. The van der Waals surface area contributed by atoms with E-state index < -0.39 is 5.91 Å². The fourth-order valence-corrected chi connectivity index (χ4v) is 2.80. The SMILES string of the molecule is CCNC(=NCc1cccc(C(N)=O)c1)NCCc1cccs1.I. The minimum absolute atomic E-state index is 0. The molecule has 0 aliphatic rings. The minimum atomic E-state index is -0.420. The van der Waals surface area contributed by atoms with Gasteiger partial charge in [0, 0.05) is 23.5 Å². The molecular weight excluding hydrogens is 435 g/mol. The van der Waals surface area contributed by atoms with Crippen LogP contribution >= 0.6 is 35.3 Å². The molecule has 1 amide bonds. The van der Waals surface area contributed by atoms with Gasteiger partial charge in [-0.15, -0.1) is 35.3 Å². The summed E-state index contributed by atoms with van der Waals surface area (Å²) < 4.78 is 0. The summed E-state index contributed by atoms with van der Waals surface area (Å²) in [4.78, 5) is 17.1. The normalized spacial score (nSPS) is 10.8. The Morgan fingerprint density at radius 2 is 2.08 bits per heavy atom. The summed E-state index contributed by atoms with van der Waals surface area (Å²) in [6, 6.07) is 11.4. The number of primary amides is 1. The van der Waals surface area contributed by atoms with Gasteiger partial charge in [0.2, 0.25) is 5.91 Å². The van der Waals surface area contributed by atoms with E-state index in [1.165, 1.54) is 4.88 Å². The third-order valence-electron chi connectivity index (χ3n) is 3.22. The number of guanidine groups is 1. The number of nitrogens with zero attached hydrogens (tertiary/aromatic N) is 1. The summed E-state index contributed by atoms with van der Waals surface area (Å²) >= 11 is 1.76. The standard InChI is InChI=1S/C17H22N4OS.HI/c1-2-19-17(20-9-8-15-7-4-10-23-15)21-12-13-5-3-6-14(11-13)16(18)22;/h3-7,10-11H,2,8-9,12H2,1H3,(H2,18,22)(H2,19,20,21);1H. The fourth-order valence-electron chi connectivity index (χ4n) is 2.09. The first-order chi connectivity index (χ1) is 11.2. The van der Waals surface area contributed by atoms with Crippen LogP contribution in [0.3, 0.4) is 0 Å². The number of amides is 1. The lowest BCUT2D eigenvalue weighted by molar-refractivity contribution is 0.1000. The molecule has 0 spiro atoms. The van der Waals surface area contributed by atoms with Crippen molar-refractivity contribution in [3.05, 3.63) is 57.8 Å². The highest BCUT2D eigenvalue weighted by atomic mass is 127. The van der Waals surface area contributed by atoms with Crippen molar-refractivity contribution in [2.24, 2.45) is 10.7 Å². The Hall–Kier alpha value is -1.61. The number of halogens is 1.